The van der Waals surface area contributed by atoms with Gasteiger partial charge in [0, 0.05) is 46.1 Å². The molecule has 0 spiro atoms. The number of carbonyl (C=O) groups excluding carboxylic acids is 5. The molecule has 0 bridgehead atoms. The van der Waals surface area contributed by atoms with E-state index in [1.165, 1.54) is 41.7 Å². The number of methoxy groups -OCH3 is 1. The lowest BCUT2D eigenvalue weighted by Crippen LogP contribution is -2.62. The van der Waals surface area contributed by atoms with Crippen LogP contribution in [0.5, 0.6) is 0 Å². The quantitative estimate of drug-likeness (QED) is 0.238. The van der Waals surface area contributed by atoms with E-state index in [0.717, 1.165) is 6.92 Å². The zero-order valence-electron chi connectivity index (χ0n) is 38.5. The summed E-state index contributed by atoms with van der Waals surface area (Å²) in [6, 6.07) is -0.352. The Morgan fingerprint density at radius 2 is 1.35 bits per heavy atom. The molecule has 3 aliphatic heterocycles. The van der Waals surface area contributed by atoms with Crippen molar-refractivity contribution in [3.05, 3.63) is 0 Å². The standard InChI is InChI=1S/C43H73NO16/c1-17-31-43(13,51)37(56-28(9)46)23(4)33(48)21(2)19-41(11,50)36(60-40-35(55-27(8)45)30(44(14)15)18-22(3)53-40)24(5)34(25(6)39(49)58-31)59-32-20-42(12,52-16)38(26(7)54-32)57-29(10)47/h21-26,30-32,34-38,40,50-51H,17-20H2,1-16H3/t21-,22-,23+,24+,25-,26+,30+,31-,32?,34+,35-,36-,37-,38+,40+,41-,42-,43-/m1/s1. The second kappa shape index (κ2) is 20.6. The van der Waals surface area contributed by atoms with Crippen molar-refractivity contribution in [1.29, 1.82) is 0 Å². The highest BCUT2D eigenvalue weighted by Gasteiger charge is 2.55. The van der Waals surface area contributed by atoms with E-state index in [0.29, 0.717) is 6.42 Å². The molecule has 60 heavy (non-hydrogen) atoms. The molecule has 1 unspecified atom stereocenters. The van der Waals surface area contributed by atoms with E-state index in [9.17, 15) is 34.2 Å². The van der Waals surface area contributed by atoms with Crippen molar-refractivity contribution in [3.8, 4) is 0 Å². The number of nitrogens with zero attached hydrogens (tertiary/aromatic N) is 1. The van der Waals surface area contributed by atoms with E-state index in [-0.39, 0.29) is 31.4 Å². The molecule has 18 atom stereocenters. The summed E-state index contributed by atoms with van der Waals surface area (Å²) in [6.07, 6.45) is -9.93. The first-order chi connectivity index (χ1) is 27.6. The van der Waals surface area contributed by atoms with Gasteiger partial charge in [-0.15, -0.1) is 0 Å². The van der Waals surface area contributed by atoms with Gasteiger partial charge >= 0.3 is 23.9 Å². The zero-order valence-corrected chi connectivity index (χ0v) is 38.5. The van der Waals surface area contributed by atoms with Crippen molar-refractivity contribution in [2.75, 3.05) is 21.2 Å². The van der Waals surface area contributed by atoms with Gasteiger partial charge in [-0.2, -0.15) is 0 Å². The summed E-state index contributed by atoms with van der Waals surface area (Å²) in [5.41, 5.74) is -5.03. The molecule has 0 saturated carbocycles. The van der Waals surface area contributed by atoms with Crippen LogP contribution >= 0.6 is 0 Å². The van der Waals surface area contributed by atoms with Crippen LogP contribution in [-0.4, -0.2) is 150 Å². The van der Waals surface area contributed by atoms with E-state index in [1.807, 2.05) is 25.9 Å². The molecule has 2 N–H and O–H groups in total. The van der Waals surface area contributed by atoms with E-state index in [4.69, 9.17) is 42.6 Å². The number of hydrogen-bond donors (Lipinski definition) is 2. The smallest absolute Gasteiger partial charge is 0.311 e. The first-order valence-corrected chi connectivity index (χ1v) is 21.2. The maximum absolute atomic E-state index is 14.5. The number of rotatable bonds is 10. The van der Waals surface area contributed by atoms with Gasteiger partial charge in [0.2, 0.25) is 0 Å². The first kappa shape index (κ1) is 51.6. The fourth-order valence-electron chi connectivity index (χ4n) is 9.49. The summed E-state index contributed by atoms with van der Waals surface area (Å²) < 4.78 is 55.3. The van der Waals surface area contributed by atoms with Crippen molar-refractivity contribution >= 4 is 29.7 Å². The molecular formula is C43H73NO16. The summed E-state index contributed by atoms with van der Waals surface area (Å²) in [6.45, 7) is 20.0. The summed E-state index contributed by atoms with van der Waals surface area (Å²) in [5.74, 6) is -7.21. The van der Waals surface area contributed by atoms with Crippen molar-refractivity contribution in [1.82, 2.24) is 4.90 Å². The van der Waals surface area contributed by atoms with Gasteiger partial charge in [-0.1, -0.05) is 27.7 Å². The molecule has 3 saturated heterocycles. The average Bonchev–Trinajstić information content (AvgIpc) is 3.13. The molecule has 0 aliphatic carbocycles. The lowest BCUT2D eigenvalue weighted by atomic mass is 9.74. The number of ether oxygens (including phenoxy) is 9. The zero-order chi connectivity index (χ0) is 45.8. The van der Waals surface area contributed by atoms with Gasteiger partial charge in [-0.25, -0.2) is 0 Å². The van der Waals surface area contributed by atoms with E-state index in [1.54, 1.807) is 41.5 Å². The molecule has 0 aromatic heterocycles. The fraction of sp³-hybridized carbons (Fsp3) is 0.884. The SMILES string of the molecule is CC[C@H]1OC(=O)[C@H](C)[C@@H](OC2C[C@@](C)(OC)[C@@H](OC(C)=O)[C@H](C)O2)[C@H](C)[C@@H](O[C@@H]2O[C@H](C)C[C@H](N(C)C)[C@H]2OC(C)=O)[C@](C)(O)C[C@@H](C)C(=O)[C@H](C)[C@@H](OC(C)=O)[C@]1(C)O. The number of hydrogen-bond acceptors (Lipinski definition) is 17. The molecule has 3 fully saturated rings. The molecule has 3 aliphatic rings. The Bertz CT molecular complexity index is 1500. The van der Waals surface area contributed by atoms with E-state index < -0.39 is 125 Å². The van der Waals surface area contributed by atoms with Crippen LogP contribution < -0.4 is 0 Å². The predicted octanol–water partition coefficient (Wildman–Crippen LogP) is 3.50. The second-order valence-corrected chi connectivity index (χ2v) is 18.2. The topological polar surface area (TPSA) is 212 Å². The van der Waals surface area contributed by atoms with Gasteiger partial charge < -0.3 is 57.7 Å². The van der Waals surface area contributed by atoms with Crippen LogP contribution in [0.25, 0.3) is 0 Å². The fourth-order valence-corrected chi connectivity index (χ4v) is 9.49. The van der Waals surface area contributed by atoms with E-state index in [2.05, 4.69) is 0 Å². The molecule has 17 heteroatoms. The van der Waals surface area contributed by atoms with Gasteiger partial charge in [0.15, 0.2) is 24.8 Å². The highest BCUT2D eigenvalue weighted by Crippen LogP contribution is 2.42. The van der Waals surface area contributed by atoms with Crippen LogP contribution in [0.2, 0.25) is 0 Å². The van der Waals surface area contributed by atoms with Crippen molar-refractivity contribution in [2.45, 2.75) is 200 Å². The Labute approximate surface area is 355 Å². The third-order valence-electron chi connectivity index (χ3n) is 12.6. The number of cyclic esters (lactones) is 1. The molecule has 3 heterocycles. The molecule has 17 nitrogen and oxygen atoms in total. The highest BCUT2D eigenvalue weighted by atomic mass is 16.7. The van der Waals surface area contributed by atoms with Crippen LogP contribution in [0.1, 0.15) is 116 Å². The lowest BCUT2D eigenvalue weighted by molar-refractivity contribution is -0.319. The molecule has 346 valence electrons. The Kier molecular flexibility index (Phi) is 17.7. The van der Waals surface area contributed by atoms with E-state index >= 15 is 0 Å². The van der Waals surface area contributed by atoms with Crippen LogP contribution in [0.4, 0.5) is 0 Å². The van der Waals surface area contributed by atoms with Crippen LogP contribution in [0.3, 0.4) is 0 Å². The highest BCUT2D eigenvalue weighted by molar-refractivity contribution is 5.84. The third kappa shape index (κ3) is 12.0. The normalized spacial score (nSPS) is 43.7. The number of esters is 4. The number of Topliss-reactive ketones (excluding diaryl/α,β-unsaturated/α-hetero) is 1. The van der Waals surface area contributed by atoms with Crippen LogP contribution in [0.15, 0.2) is 0 Å². The van der Waals surface area contributed by atoms with Crippen LogP contribution in [-0.2, 0) is 66.6 Å². The van der Waals surface area contributed by atoms with Gasteiger partial charge in [-0.3, -0.25) is 24.0 Å². The Balaban J connectivity index is 2.28. The molecular weight excluding hydrogens is 786 g/mol. The second-order valence-electron chi connectivity index (χ2n) is 18.2. The van der Waals surface area contributed by atoms with Gasteiger partial charge in [-0.05, 0) is 74.9 Å². The molecule has 3 rings (SSSR count). The molecule has 0 amide bonds. The minimum atomic E-state index is -2.04. The van der Waals surface area contributed by atoms with Crippen molar-refractivity contribution in [3.63, 3.8) is 0 Å². The monoisotopic (exact) mass is 859 g/mol. The molecule has 0 radical (unpaired) electrons. The number of ketones is 1. The lowest BCUT2D eigenvalue weighted by Gasteiger charge is -2.49. The summed E-state index contributed by atoms with van der Waals surface area (Å²) in [4.78, 5) is 67.8. The molecule has 0 aromatic carbocycles. The van der Waals surface area contributed by atoms with Gasteiger partial charge in [0.25, 0.3) is 0 Å². The van der Waals surface area contributed by atoms with Crippen molar-refractivity contribution < 1.29 is 76.8 Å². The van der Waals surface area contributed by atoms with Crippen LogP contribution in [0, 0.1) is 23.7 Å². The third-order valence-corrected chi connectivity index (χ3v) is 12.6. The Hall–Kier alpha value is -2.77. The first-order valence-electron chi connectivity index (χ1n) is 21.2. The molecule has 0 aromatic rings. The summed E-state index contributed by atoms with van der Waals surface area (Å²) in [5, 5.41) is 24.8. The number of carbonyl (C=O) groups is 5. The largest absolute Gasteiger partial charge is 0.459 e. The van der Waals surface area contributed by atoms with Crippen molar-refractivity contribution in [2.24, 2.45) is 23.7 Å². The average molecular weight is 860 g/mol. The maximum atomic E-state index is 14.5. The maximum Gasteiger partial charge on any atom is 0.311 e. The summed E-state index contributed by atoms with van der Waals surface area (Å²) in [7, 11) is 5.17. The number of likely N-dealkylation sites (N-methyl/N-ethyl adjacent to an activating group) is 1. The van der Waals surface area contributed by atoms with Gasteiger partial charge in [0.05, 0.1) is 47.9 Å². The number of aliphatic hydroxyl groups is 2. The summed E-state index contributed by atoms with van der Waals surface area (Å²) >= 11 is 0. The Morgan fingerprint density at radius 1 is 0.783 bits per heavy atom. The predicted molar refractivity (Wildman–Crippen MR) is 215 cm³/mol. The minimum absolute atomic E-state index is 0.0424. The minimum Gasteiger partial charge on any atom is -0.459 e. The van der Waals surface area contributed by atoms with Gasteiger partial charge in [0.1, 0.15) is 29.2 Å². The Morgan fingerprint density at radius 3 is 1.87 bits per heavy atom.